The number of hydrogen-bond donors (Lipinski definition) is 0. The Morgan fingerprint density at radius 2 is 1.71 bits per heavy atom. The van der Waals surface area contributed by atoms with Crippen molar-refractivity contribution in [2.45, 2.75) is 13.5 Å². The summed E-state index contributed by atoms with van der Waals surface area (Å²) in [5.74, 6) is 0. The number of hydrogen-bond acceptors (Lipinski definition) is 1. The van der Waals surface area contributed by atoms with Crippen LogP contribution in [0.4, 0.5) is 0 Å². The molecule has 0 N–H and O–H groups in total. The van der Waals surface area contributed by atoms with E-state index in [1.54, 1.807) is 0 Å². The van der Waals surface area contributed by atoms with Crippen LogP contribution >= 0.6 is 27.5 Å². The molecule has 3 rings (SSSR count). The molecule has 21 heavy (non-hydrogen) atoms. The molecule has 0 bridgehead atoms. The molecule has 0 atom stereocenters. The molecule has 0 radical (unpaired) electrons. The first-order valence-electron chi connectivity index (χ1n) is 6.68. The van der Waals surface area contributed by atoms with E-state index < -0.39 is 0 Å². The van der Waals surface area contributed by atoms with E-state index in [0.29, 0.717) is 11.7 Å². The minimum Gasteiger partial charge on any atom is -0.249 e. The predicted octanol–water partition coefficient (Wildman–Crippen LogP) is 5.32. The number of nitrogens with zero attached hydrogens (tertiary/aromatic N) is 2. The summed E-state index contributed by atoms with van der Waals surface area (Å²) in [4.78, 5) is 0. The zero-order valence-corrected chi connectivity index (χ0v) is 13.9. The van der Waals surface area contributed by atoms with Crippen LogP contribution in [-0.2, 0) is 6.54 Å². The van der Waals surface area contributed by atoms with Crippen LogP contribution < -0.4 is 0 Å². The molecular weight excluding hydrogens is 348 g/mol. The van der Waals surface area contributed by atoms with Gasteiger partial charge in [0.1, 0.15) is 5.15 Å². The Kier molecular flexibility index (Phi) is 4.13. The van der Waals surface area contributed by atoms with E-state index in [2.05, 4.69) is 45.3 Å². The van der Waals surface area contributed by atoms with Crippen molar-refractivity contribution < 1.29 is 0 Å². The fourth-order valence-corrected chi connectivity index (χ4v) is 2.72. The smallest absolute Gasteiger partial charge is 0.130 e. The summed E-state index contributed by atoms with van der Waals surface area (Å²) in [6, 6.07) is 18.3. The van der Waals surface area contributed by atoms with Gasteiger partial charge in [0.15, 0.2) is 0 Å². The first-order valence-corrected chi connectivity index (χ1v) is 7.85. The molecule has 1 aromatic heterocycles. The first-order chi connectivity index (χ1) is 10.1. The van der Waals surface area contributed by atoms with Gasteiger partial charge in [-0.2, -0.15) is 5.10 Å². The number of benzene rings is 2. The summed E-state index contributed by atoms with van der Waals surface area (Å²) in [5, 5.41) is 5.36. The minimum atomic E-state index is 0.666. The Morgan fingerprint density at radius 3 is 2.38 bits per heavy atom. The van der Waals surface area contributed by atoms with Crippen molar-refractivity contribution in [2.75, 3.05) is 0 Å². The molecule has 0 unspecified atom stereocenters. The Morgan fingerprint density at radius 1 is 1.05 bits per heavy atom. The summed E-state index contributed by atoms with van der Waals surface area (Å²) in [7, 11) is 0. The van der Waals surface area contributed by atoms with Crippen molar-refractivity contribution >= 4 is 27.5 Å². The molecule has 0 fully saturated rings. The fraction of sp³-hybridized carbons (Fsp3) is 0.118. The first kappa shape index (κ1) is 14.4. The van der Waals surface area contributed by atoms with E-state index in [0.717, 1.165) is 21.3 Å². The van der Waals surface area contributed by atoms with Gasteiger partial charge in [-0.3, -0.25) is 0 Å². The van der Waals surface area contributed by atoms with Crippen molar-refractivity contribution in [1.29, 1.82) is 0 Å². The minimum absolute atomic E-state index is 0.666. The summed E-state index contributed by atoms with van der Waals surface area (Å²) >= 11 is 9.88. The van der Waals surface area contributed by atoms with Crippen molar-refractivity contribution in [3.05, 3.63) is 75.4 Å². The second-order valence-electron chi connectivity index (χ2n) is 4.91. The molecule has 2 aromatic carbocycles. The molecule has 0 saturated heterocycles. The largest absolute Gasteiger partial charge is 0.249 e. The zero-order valence-electron chi connectivity index (χ0n) is 11.6. The van der Waals surface area contributed by atoms with Crippen molar-refractivity contribution in [1.82, 2.24) is 9.78 Å². The summed E-state index contributed by atoms with van der Waals surface area (Å²) in [6.07, 6.45) is 0. The van der Waals surface area contributed by atoms with Gasteiger partial charge in [-0.05, 0) is 24.6 Å². The van der Waals surface area contributed by atoms with Crippen LogP contribution in [0.15, 0.2) is 59.1 Å². The van der Waals surface area contributed by atoms with Gasteiger partial charge in [-0.15, -0.1) is 0 Å². The van der Waals surface area contributed by atoms with Crippen LogP contribution in [0.25, 0.3) is 11.3 Å². The molecule has 0 saturated carbocycles. The maximum absolute atomic E-state index is 6.44. The molecule has 0 amide bonds. The van der Waals surface area contributed by atoms with E-state index in [1.807, 2.05) is 41.9 Å². The molecule has 3 aromatic rings. The van der Waals surface area contributed by atoms with Gasteiger partial charge in [0, 0.05) is 15.6 Å². The van der Waals surface area contributed by atoms with E-state index >= 15 is 0 Å². The monoisotopic (exact) mass is 360 g/mol. The lowest BCUT2D eigenvalue weighted by Crippen LogP contribution is -2.01. The highest BCUT2D eigenvalue weighted by atomic mass is 79.9. The average Bonchev–Trinajstić information content (AvgIpc) is 2.79. The maximum atomic E-state index is 6.44. The maximum Gasteiger partial charge on any atom is 0.130 e. The van der Waals surface area contributed by atoms with Gasteiger partial charge in [-0.1, -0.05) is 70.0 Å². The fourth-order valence-electron chi connectivity index (χ4n) is 2.27. The van der Waals surface area contributed by atoms with Gasteiger partial charge < -0.3 is 0 Å². The van der Waals surface area contributed by atoms with E-state index in [4.69, 9.17) is 11.6 Å². The van der Waals surface area contributed by atoms with Crippen molar-refractivity contribution in [2.24, 2.45) is 0 Å². The van der Waals surface area contributed by atoms with Crippen LogP contribution in [0.1, 0.15) is 11.1 Å². The highest BCUT2D eigenvalue weighted by molar-refractivity contribution is 9.10. The third-order valence-corrected chi connectivity index (χ3v) is 4.41. The Balaban J connectivity index is 1.95. The predicted molar refractivity (Wildman–Crippen MR) is 90.7 cm³/mol. The van der Waals surface area contributed by atoms with Gasteiger partial charge in [0.05, 0.1) is 12.2 Å². The Labute approximate surface area is 137 Å². The quantitative estimate of drug-likeness (QED) is 0.617. The van der Waals surface area contributed by atoms with Crippen LogP contribution in [0.5, 0.6) is 0 Å². The third-order valence-electron chi connectivity index (χ3n) is 3.40. The van der Waals surface area contributed by atoms with E-state index in [9.17, 15) is 0 Å². The van der Waals surface area contributed by atoms with Crippen molar-refractivity contribution in [3.63, 3.8) is 0 Å². The van der Waals surface area contributed by atoms with E-state index in [-0.39, 0.29) is 0 Å². The lowest BCUT2D eigenvalue weighted by atomic mass is 10.1. The van der Waals surface area contributed by atoms with Crippen LogP contribution in [0.2, 0.25) is 5.15 Å². The normalized spacial score (nSPS) is 10.8. The molecule has 106 valence electrons. The van der Waals surface area contributed by atoms with E-state index in [1.165, 1.54) is 5.56 Å². The lowest BCUT2D eigenvalue weighted by molar-refractivity contribution is 0.690. The van der Waals surface area contributed by atoms with Crippen LogP contribution in [-0.4, -0.2) is 9.78 Å². The highest BCUT2D eigenvalue weighted by Gasteiger charge is 2.14. The number of halogens is 2. The second kappa shape index (κ2) is 6.04. The van der Waals surface area contributed by atoms with Crippen molar-refractivity contribution in [3.8, 4) is 11.3 Å². The lowest BCUT2D eigenvalue weighted by Gasteiger charge is -2.03. The number of aromatic nitrogens is 2. The van der Waals surface area contributed by atoms with Crippen LogP contribution in [0, 0.1) is 6.92 Å². The molecular formula is C17H14BrClN2. The summed E-state index contributed by atoms with van der Waals surface area (Å²) in [5.41, 5.74) is 4.21. The zero-order chi connectivity index (χ0) is 14.8. The molecule has 0 aliphatic rings. The molecule has 4 heteroatoms. The molecule has 0 spiro atoms. The topological polar surface area (TPSA) is 17.8 Å². The summed E-state index contributed by atoms with van der Waals surface area (Å²) < 4.78 is 2.92. The molecule has 0 aliphatic heterocycles. The van der Waals surface area contributed by atoms with Gasteiger partial charge >= 0.3 is 0 Å². The second-order valence-corrected chi connectivity index (χ2v) is 6.19. The third kappa shape index (κ3) is 3.04. The van der Waals surface area contributed by atoms with Crippen LogP contribution in [0.3, 0.4) is 0 Å². The average molecular weight is 362 g/mol. The Bertz CT molecular complexity index is 748. The van der Waals surface area contributed by atoms with Gasteiger partial charge in [0.25, 0.3) is 0 Å². The SMILES string of the molecule is Cc1c(-c2ccccc2)nn(Cc2ccc(Br)cc2)c1Cl. The van der Waals surface area contributed by atoms with Gasteiger partial charge in [-0.25, -0.2) is 4.68 Å². The summed E-state index contributed by atoms with van der Waals surface area (Å²) in [6.45, 7) is 2.68. The van der Waals surface area contributed by atoms with Gasteiger partial charge in [0.2, 0.25) is 0 Å². The number of rotatable bonds is 3. The Hall–Kier alpha value is -1.58. The standard InChI is InChI=1S/C17H14BrClN2/c1-12-16(14-5-3-2-4-6-14)20-21(17(12)19)11-13-7-9-15(18)10-8-13/h2-10H,11H2,1H3. The molecule has 0 aliphatic carbocycles. The molecule has 1 heterocycles. The molecule has 2 nitrogen and oxygen atoms in total. The highest BCUT2D eigenvalue weighted by Crippen LogP contribution is 2.28.